The third kappa shape index (κ3) is 6.65. The van der Waals surface area contributed by atoms with Crippen LogP contribution in [-0.2, 0) is 11.2 Å². The van der Waals surface area contributed by atoms with Gasteiger partial charge in [0.1, 0.15) is 5.75 Å². The van der Waals surface area contributed by atoms with Gasteiger partial charge in [0.25, 0.3) is 0 Å². The molecule has 0 radical (unpaired) electrons. The molecule has 21 heavy (non-hydrogen) atoms. The van der Waals surface area contributed by atoms with Crippen LogP contribution in [0.5, 0.6) is 5.75 Å². The Hall–Kier alpha value is -1.51. The van der Waals surface area contributed by atoms with Crippen molar-refractivity contribution < 1.29 is 9.90 Å². The highest BCUT2D eigenvalue weighted by Crippen LogP contribution is 2.27. The highest BCUT2D eigenvalue weighted by atomic mass is 16.3. The molecule has 0 bridgehead atoms. The SMILES string of the molecule is Cc1cc(CCC(=O)NC(C)(C)CC(C)(C)C)ccc1O. The molecule has 0 saturated heterocycles. The lowest BCUT2D eigenvalue weighted by atomic mass is 9.81. The summed E-state index contributed by atoms with van der Waals surface area (Å²) in [5.41, 5.74) is 1.92. The highest BCUT2D eigenvalue weighted by Gasteiger charge is 2.26. The molecule has 1 rings (SSSR count). The van der Waals surface area contributed by atoms with Crippen molar-refractivity contribution in [1.29, 1.82) is 0 Å². The monoisotopic (exact) mass is 291 g/mol. The Balaban J connectivity index is 2.52. The van der Waals surface area contributed by atoms with Crippen molar-refractivity contribution in [3.63, 3.8) is 0 Å². The van der Waals surface area contributed by atoms with Crippen LogP contribution >= 0.6 is 0 Å². The number of carbonyl (C=O) groups is 1. The number of hydrogen-bond donors (Lipinski definition) is 2. The van der Waals surface area contributed by atoms with Gasteiger partial charge in [-0.3, -0.25) is 4.79 Å². The largest absolute Gasteiger partial charge is 0.508 e. The van der Waals surface area contributed by atoms with Gasteiger partial charge in [0.05, 0.1) is 0 Å². The van der Waals surface area contributed by atoms with E-state index in [0.717, 1.165) is 17.5 Å². The summed E-state index contributed by atoms with van der Waals surface area (Å²) in [4.78, 5) is 12.1. The van der Waals surface area contributed by atoms with Gasteiger partial charge < -0.3 is 10.4 Å². The van der Waals surface area contributed by atoms with Gasteiger partial charge in [-0.05, 0) is 56.2 Å². The number of aryl methyl sites for hydroxylation is 2. The van der Waals surface area contributed by atoms with Crippen LogP contribution in [0.2, 0.25) is 0 Å². The Kier molecular flexibility index (Phi) is 5.43. The lowest BCUT2D eigenvalue weighted by Gasteiger charge is -2.33. The summed E-state index contributed by atoms with van der Waals surface area (Å²) in [6, 6.07) is 5.49. The molecule has 0 aromatic heterocycles. The number of hydrogen-bond acceptors (Lipinski definition) is 2. The minimum Gasteiger partial charge on any atom is -0.508 e. The van der Waals surface area contributed by atoms with Crippen LogP contribution in [0, 0.1) is 12.3 Å². The van der Waals surface area contributed by atoms with E-state index < -0.39 is 0 Å². The quantitative estimate of drug-likeness (QED) is 0.862. The zero-order chi connectivity index (χ0) is 16.3. The van der Waals surface area contributed by atoms with Gasteiger partial charge in [0.2, 0.25) is 5.91 Å². The van der Waals surface area contributed by atoms with Crippen LogP contribution in [0.25, 0.3) is 0 Å². The molecule has 0 saturated carbocycles. The molecule has 118 valence electrons. The van der Waals surface area contributed by atoms with Crippen LogP contribution < -0.4 is 5.32 Å². The summed E-state index contributed by atoms with van der Waals surface area (Å²) in [6.45, 7) is 12.5. The lowest BCUT2D eigenvalue weighted by Crippen LogP contribution is -2.45. The fourth-order valence-corrected chi connectivity index (χ4v) is 2.94. The fraction of sp³-hybridized carbons (Fsp3) is 0.611. The Labute approximate surface area is 128 Å². The van der Waals surface area contributed by atoms with Gasteiger partial charge in [-0.2, -0.15) is 0 Å². The number of carbonyl (C=O) groups excluding carboxylic acids is 1. The molecule has 1 amide bonds. The highest BCUT2D eigenvalue weighted by molar-refractivity contribution is 5.77. The molecule has 0 aliphatic heterocycles. The minimum absolute atomic E-state index is 0.0787. The molecular formula is C18H29NO2. The first-order chi connectivity index (χ1) is 9.48. The smallest absolute Gasteiger partial charge is 0.220 e. The molecule has 1 aromatic rings. The lowest BCUT2D eigenvalue weighted by molar-refractivity contribution is -0.122. The summed E-state index contributed by atoms with van der Waals surface area (Å²) in [5.74, 6) is 0.379. The van der Waals surface area contributed by atoms with Gasteiger partial charge in [0, 0.05) is 12.0 Å². The zero-order valence-corrected chi connectivity index (χ0v) is 14.2. The van der Waals surface area contributed by atoms with E-state index in [1.165, 1.54) is 0 Å². The number of rotatable bonds is 5. The van der Waals surface area contributed by atoms with Gasteiger partial charge in [-0.1, -0.05) is 32.9 Å². The summed E-state index contributed by atoms with van der Waals surface area (Å²) in [5, 5.41) is 12.6. The van der Waals surface area contributed by atoms with Crippen LogP contribution in [0.15, 0.2) is 18.2 Å². The van der Waals surface area contributed by atoms with Gasteiger partial charge in [0.15, 0.2) is 0 Å². The van der Waals surface area contributed by atoms with Crippen molar-refractivity contribution >= 4 is 5.91 Å². The molecule has 0 spiro atoms. The predicted molar refractivity (Wildman–Crippen MR) is 87.5 cm³/mol. The van der Waals surface area contributed by atoms with E-state index in [9.17, 15) is 9.90 Å². The molecule has 3 nitrogen and oxygen atoms in total. The Morgan fingerprint density at radius 1 is 1.19 bits per heavy atom. The summed E-state index contributed by atoms with van der Waals surface area (Å²) < 4.78 is 0. The molecule has 0 unspecified atom stereocenters. The molecule has 3 heteroatoms. The second-order valence-corrected chi connectivity index (χ2v) is 7.79. The van der Waals surface area contributed by atoms with Crippen molar-refractivity contribution in [2.75, 3.05) is 0 Å². The van der Waals surface area contributed by atoms with E-state index in [-0.39, 0.29) is 16.9 Å². The maximum atomic E-state index is 12.1. The molecule has 2 N–H and O–H groups in total. The third-order valence-electron chi connectivity index (χ3n) is 3.35. The molecule has 1 aromatic carbocycles. The van der Waals surface area contributed by atoms with Crippen LogP contribution in [0.4, 0.5) is 0 Å². The Morgan fingerprint density at radius 3 is 2.33 bits per heavy atom. The van der Waals surface area contributed by atoms with Crippen LogP contribution in [-0.4, -0.2) is 16.6 Å². The van der Waals surface area contributed by atoms with Gasteiger partial charge in [-0.25, -0.2) is 0 Å². The molecule has 0 aliphatic carbocycles. The topological polar surface area (TPSA) is 49.3 Å². The van der Waals surface area contributed by atoms with Gasteiger partial charge >= 0.3 is 0 Å². The Morgan fingerprint density at radius 2 is 1.81 bits per heavy atom. The summed E-state index contributed by atoms with van der Waals surface area (Å²) >= 11 is 0. The first kappa shape index (κ1) is 17.5. The normalized spacial score (nSPS) is 12.3. The predicted octanol–water partition coefficient (Wildman–Crippen LogP) is 3.96. The van der Waals surface area contributed by atoms with E-state index >= 15 is 0 Å². The van der Waals surface area contributed by atoms with Crippen LogP contribution in [0.3, 0.4) is 0 Å². The summed E-state index contributed by atoms with van der Waals surface area (Å²) in [6.07, 6.45) is 2.10. The molecule has 0 aliphatic rings. The molecule has 0 heterocycles. The van der Waals surface area contributed by atoms with Gasteiger partial charge in [-0.15, -0.1) is 0 Å². The van der Waals surface area contributed by atoms with Crippen molar-refractivity contribution in [1.82, 2.24) is 5.32 Å². The van der Waals surface area contributed by atoms with Crippen LogP contribution in [0.1, 0.15) is 58.6 Å². The number of aromatic hydroxyl groups is 1. The standard InChI is InChI=1S/C18H29NO2/c1-13-11-14(7-9-15(13)20)8-10-16(21)19-18(5,6)12-17(2,3)4/h7,9,11,20H,8,10,12H2,1-6H3,(H,19,21). The summed E-state index contributed by atoms with van der Waals surface area (Å²) in [7, 11) is 0. The van der Waals surface area contributed by atoms with E-state index in [2.05, 4.69) is 39.9 Å². The van der Waals surface area contributed by atoms with Crippen molar-refractivity contribution in [2.45, 2.75) is 66.3 Å². The van der Waals surface area contributed by atoms with Crippen molar-refractivity contribution in [3.8, 4) is 5.75 Å². The second kappa shape index (κ2) is 6.50. The number of amides is 1. The number of phenolic OH excluding ortho intramolecular Hbond substituents is 1. The van der Waals surface area contributed by atoms with Crippen molar-refractivity contribution in [3.05, 3.63) is 29.3 Å². The molecular weight excluding hydrogens is 262 g/mol. The zero-order valence-electron chi connectivity index (χ0n) is 14.2. The average Bonchev–Trinajstić information content (AvgIpc) is 2.26. The maximum absolute atomic E-state index is 12.1. The molecule has 0 fully saturated rings. The fourth-order valence-electron chi connectivity index (χ4n) is 2.94. The maximum Gasteiger partial charge on any atom is 0.220 e. The number of nitrogens with one attached hydrogen (secondary N) is 1. The van der Waals surface area contributed by atoms with Crippen molar-refractivity contribution in [2.24, 2.45) is 5.41 Å². The third-order valence-corrected chi connectivity index (χ3v) is 3.35. The average molecular weight is 291 g/mol. The number of phenols is 1. The van der Waals surface area contributed by atoms with E-state index in [0.29, 0.717) is 18.6 Å². The second-order valence-electron chi connectivity index (χ2n) is 7.79. The Bertz CT molecular complexity index is 498. The first-order valence-corrected chi connectivity index (χ1v) is 7.58. The van der Waals surface area contributed by atoms with E-state index in [1.807, 2.05) is 19.1 Å². The van der Waals surface area contributed by atoms with E-state index in [1.54, 1.807) is 6.07 Å². The minimum atomic E-state index is -0.194. The van der Waals surface area contributed by atoms with E-state index in [4.69, 9.17) is 0 Å². The number of benzene rings is 1. The molecule has 0 atom stereocenters. The first-order valence-electron chi connectivity index (χ1n) is 7.58.